The van der Waals surface area contributed by atoms with Crippen LogP contribution in [-0.2, 0) is 24.4 Å². The van der Waals surface area contributed by atoms with Gasteiger partial charge in [0.05, 0.1) is 22.3 Å². The molecule has 12 heteroatoms. The van der Waals surface area contributed by atoms with Crippen molar-refractivity contribution in [3.63, 3.8) is 0 Å². The molecule has 0 atom stereocenters. The number of amides is 1. The zero-order valence-corrected chi connectivity index (χ0v) is 13.0. The first-order valence-corrected chi connectivity index (χ1v) is 6.98. The van der Waals surface area contributed by atoms with Crippen molar-refractivity contribution in [1.82, 2.24) is 24.9 Å². The quantitative estimate of drug-likeness (QED) is 0.571. The monoisotopic (exact) mass is 337 g/mol. The molecule has 0 radical (unpaired) electrons. The van der Waals surface area contributed by atoms with Gasteiger partial charge < -0.3 is 15.4 Å². The van der Waals surface area contributed by atoms with Crippen LogP contribution in [0.4, 0.5) is 11.5 Å². The highest BCUT2D eigenvalue weighted by Gasteiger charge is 2.35. The molecule has 2 heterocycles. The van der Waals surface area contributed by atoms with E-state index in [9.17, 15) is 25.0 Å². The van der Waals surface area contributed by atoms with Crippen molar-refractivity contribution in [1.29, 1.82) is 0 Å². The molecule has 12 nitrogen and oxygen atoms in total. The summed E-state index contributed by atoms with van der Waals surface area (Å²) in [5.41, 5.74) is -0.119. The van der Waals surface area contributed by atoms with Crippen molar-refractivity contribution < 1.29 is 14.6 Å². The molecule has 2 aromatic heterocycles. The van der Waals surface area contributed by atoms with E-state index in [1.165, 1.54) is 6.92 Å². The second-order valence-electron chi connectivity index (χ2n) is 4.87. The fraction of sp³-hybridized carbons (Fsp3) is 0.417. The van der Waals surface area contributed by atoms with Gasteiger partial charge in [-0.2, -0.15) is 9.78 Å². The second-order valence-corrected chi connectivity index (χ2v) is 4.87. The number of nitrogens with zero attached hydrogens (tertiary/aromatic N) is 6. The zero-order valence-electron chi connectivity index (χ0n) is 13.0. The van der Waals surface area contributed by atoms with Gasteiger partial charge >= 0.3 is 11.5 Å². The van der Waals surface area contributed by atoms with E-state index in [0.29, 0.717) is 12.2 Å². The summed E-state index contributed by atoms with van der Waals surface area (Å²) in [5.74, 6) is -1.37. The predicted octanol–water partition coefficient (Wildman–Crippen LogP) is 0.541. The van der Waals surface area contributed by atoms with Crippen LogP contribution < -0.4 is 5.32 Å². The van der Waals surface area contributed by atoms with Crippen molar-refractivity contribution in [3.05, 3.63) is 43.9 Å². The SMILES string of the molecule is CCn1ccc(CNC(=O)Cn2nc([N+](=O)[O-])c([N+](=O)[O-])c2C)n1. The van der Waals surface area contributed by atoms with E-state index in [0.717, 1.165) is 4.68 Å². The summed E-state index contributed by atoms with van der Waals surface area (Å²) < 4.78 is 2.64. The Kier molecular flexibility index (Phi) is 4.87. The van der Waals surface area contributed by atoms with Crippen LogP contribution in [0.15, 0.2) is 12.3 Å². The van der Waals surface area contributed by atoms with Crippen LogP contribution in [0.3, 0.4) is 0 Å². The van der Waals surface area contributed by atoms with Gasteiger partial charge in [-0.05, 0) is 24.8 Å². The molecular formula is C12H15N7O5. The molecular weight excluding hydrogens is 322 g/mol. The molecule has 0 saturated carbocycles. The van der Waals surface area contributed by atoms with Crippen LogP contribution in [-0.4, -0.2) is 35.3 Å². The molecule has 0 spiro atoms. The molecule has 0 bridgehead atoms. The van der Waals surface area contributed by atoms with E-state index >= 15 is 0 Å². The summed E-state index contributed by atoms with van der Waals surface area (Å²) in [6.45, 7) is 3.74. The Morgan fingerprint density at radius 1 is 1.29 bits per heavy atom. The van der Waals surface area contributed by atoms with E-state index in [1.54, 1.807) is 16.9 Å². The van der Waals surface area contributed by atoms with E-state index in [1.807, 2.05) is 6.92 Å². The molecule has 2 rings (SSSR count). The van der Waals surface area contributed by atoms with Crippen molar-refractivity contribution >= 4 is 17.4 Å². The van der Waals surface area contributed by atoms with E-state index in [-0.39, 0.29) is 18.8 Å². The lowest BCUT2D eigenvalue weighted by molar-refractivity contribution is -0.424. The smallest absolute Gasteiger partial charge is 0.358 e. The number of hydrogen-bond acceptors (Lipinski definition) is 7. The summed E-state index contributed by atoms with van der Waals surface area (Å²) in [4.78, 5) is 31.9. The fourth-order valence-corrected chi connectivity index (χ4v) is 2.07. The third-order valence-corrected chi connectivity index (χ3v) is 3.29. The number of aromatic nitrogens is 4. The van der Waals surface area contributed by atoms with Crippen molar-refractivity contribution in [2.24, 2.45) is 0 Å². The van der Waals surface area contributed by atoms with Gasteiger partial charge in [0.25, 0.3) is 0 Å². The van der Waals surface area contributed by atoms with Crippen molar-refractivity contribution in [2.45, 2.75) is 33.5 Å². The summed E-state index contributed by atoms with van der Waals surface area (Å²) in [5, 5.41) is 32.1. The van der Waals surface area contributed by atoms with Gasteiger partial charge in [0, 0.05) is 12.7 Å². The Labute approximate surface area is 135 Å². The average molecular weight is 337 g/mol. The van der Waals surface area contributed by atoms with Gasteiger partial charge in [0.1, 0.15) is 12.2 Å². The lowest BCUT2D eigenvalue weighted by atomic mass is 10.4. The molecule has 128 valence electrons. The highest BCUT2D eigenvalue weighted by atomic mass is 16.6. The Balaban J connectivity index is 2.07. The first-order valence-electron chi connectivity index (χ1n) is 6.98. The van der Waals surface area contributed by atoms with E-state index in [2.05, 4.69) is 15.5 Å². The van der Waals surface area contributed by atoms with Gasteiger partial charge in [-0.15, -0.1) is 0 Å². The predicted molar refractivity (Wildman–Crippen MR) is 80.0 cm³/mol. The van der Waals surface area contributed by atoms with Crippen LogP contribution in [0.1, 0.15) is 18.3 Å². The minimum Gasteiger partial charge on any atom is -0.358 e. The van der Waals surface area contributed by atoms with Gasteiger partial charge in [-0.3, -0.25) is 19.6 Å². The molecule has 2 aromatic rings. The molecule has 0 saturated heterocycles. The van der Waals surface area contributed by atoms with Crippen LogP contribution in [0.5, 0.6) is 0 Å². The molecule has 24 heavy (non-hydrogen) atoms. The van der Waals surface area contributed by atoms with Gasteiger partial charge in [0.2, 0.25) is 5.91 Å². The van der Waals surface area contributed by atoms with Gasteiger partial charge in [-0.25, -0.2) is 0 Å². The maximum atomic E-state index is 11.9. The minimum atomic E-state index is -0.947. The molecule has 1 amide bonds. The van der Waals surface area contributed by atoms with Crippen LogP contribution in [0.2, 0.25) is 0 Å². The number of hydrogen-bond donors (Lipinski definition) is 1. The Morgan fingerprint density at radius 3 is 2.50 bits per heavy atom. The summed E-state index contributed by atoms with van der Waals surface area (Å²) >= 11 is 0. The molecule has 0 fully saturated rings. The zero-order chi connectivity index (χ0) is 17.9. The standard InChI is InChI=1S/C12H15N7O5/c1-3-16-5-4-9(14-16)6-13-10(20)7-17-8(2)11(18(21)22)12(15-17)19(23)24/h4-5H,3,6-7H2,1-2H3,(H,13,20). The lowest BCUT2D eigenvalue weighted by Gasteiger charge is -2.02. The molecule has 0 aromatic carbocycles. The van der Waals surface area contributed by atoms with E-state index < -0.39 is 27.3 Å². The van der Waals surface area contributed by atoms with E-state index in [4.69, 9.17) is 0 Å². The third kappa shape index (κ3) is 3.53. The maximum absolute atomic E-state index is 11.9. The normalized spacial score (nSPS) is 10.6. The van der Waals surface area contributed by atoms with Crippen LogP contribution >= 0.6 is 0 Å². The highest BCUT2D eigenvalue weighted by Crippen LogP contribution is 2.28. The Bertz CT molecular complexity index is 794. The lowest BCUT2D eigenvalue weighted by Crippen LogP contribution is -2.28. The fourth-order valence-electron chi connectivity index (χ4n) is 2.07. The first-order chi connectivity index (χ1) is 11.3. The van der Waals surface area contributed by atoms with Crippen molar-refractivity contribution in [2.75, 3.05) is 0 Å². The average Bonchev–Trinajstić information content (AvgIpc) is 3.10. The Morgan fingerprint density at radius 2 is 2.00 bits per heavy atom. The van der Waals surface area contributed by atoms with Crippen LogP contribution in [0, 0.1) is 27.2 Å². The Hall–Kier alpha value is -3.31. The first kappa shape index (κ1) is 17.1. The number of carbonyl (C=O) groups is 1. The maximum Gasteiger partial charge on any atom is 0.468 e. The summed E-state index contributed by atoms with van der Waals surface area (Å²) in [7, 11) is 0. The molecule has 0 aliphatic carbocycles. The highest BCUT2D eigenvalue weighted by molar-refractivity contribution is 5.76. The number of rotatable bonds is 7. The van der Waals surface area contributed by atoms with Crippen LogP contribution in [0.25, 0.3) is 0 Å². The van der Waals surface area contributed by atoms with Gasteiger partial charge in [-0.1, -0.05) is 0 Å². The molecule has 1 N–H and O–H groups in total. The molecule has 0 aliphatic heterocycles. The topological polar surface area (TPSA) is 151 Å². The third-order valence-electron chi connectivity index (χ3n) is 3.29. The molecule has 0 aliphatic rings. The van der Waals surface area contributed by atoms with Gasteiger partial charge in [0.15, 0.2) is 0 Å². The summed E-state index contributed by atoms with van der Waals surface area (Å²) in [6.07, 6.45) is 1.77. The number of nitrogens with one attached hydrogen (secondary N) is 1. The molecule has 0 unspecified atom stereocenters. The number of carbonyl (C=O) groups excluding carboxylic acids is 1. The minimum absolute atomic E-state index is 0.0582. The number of aryl methyl sites for hydroxylation is 1. The van der Waals surface area contributed by atoms with Crippen molar-refractivity contribution in [3.8, 4) is 0 Å². The number of nitro groups is 2. The summed E-state index contributed by atoms with van der Waals surface area (Å²) in [6, 6.07) is 1.75. The largest absolute Gasteiger partial charge is 0.468 e. The second kappa shape index (κ2) is 6.85.